The van der Waals surface area contributed by atoms with Gasteiger partial charge in [-0.05, 0) is 54.8 Å². The number of hydrogen-bond acceptors (Lipinski definition) is 5. The molecule has 1 amide bonds. The molecule has 156 valence electrons. The summed E-state index contributed by atoms with van der Waals surface area (Å²) < 4.78 is 30.6. The third-order valence-electron chi connectivity index (χ3n) is 5.30. The first-order valence-corrected chi connectivity index (χ1v) is 11.2. The maximum atomic E-state index is 13.1. The minimum absolute atomic E-state index is 0.0594. The molecule has 0 atom stereocenters. The Labute approximate surface area is 179 Å². The molecule has 0 bridgehead atoms. The van der Waals surface area contributed by atoms with Crippen molar-refractivity contribution >= 4 is 33.1 Å². The van der Waals surface area contributed by atoms with Crippen molar-refractivity contribution in [3.8, 4) is 11.3 Å². The molecule has 0 aliphatic carbocycles. The number of aromatic nitrogens is 3. The number of nitrogens with zero attached hydrogens (tertiary/aromatic N) is 3. The Hall–Kier alpha value is -3.72. The molecule has 0 radical (unpaired) electrons. The number of anilines is 2. The highest BCUT2D eigenvalue weighted by Gasteiger charge is 2.21. The summed E-state index contributed by atoms with van der Waals surface area (Å²) in [4.78, 5) is 20.4. The first-order chi connectivity index (χ1) is 14.9. The molecule has 5 rings (SSSR count). The van der Waals surface area contributed by atoms with Gasteiger partial charge in [0.15, 0.2) is 0 Å². The molecule has 0 fully saturated rings. The lowest BCUT2D eigenvalue weighted by atomic mass is 10.0. The standard InChI is InChI=1S/C22H19N5O3S/c1-14-3-4-16(20-13-27-10-2-9-23-22(27)25-20)12-19(14)26-31(29,30)17-6-7-18-15(11-17)5-8-21(28)24-18/h2-4,6-7,9-13,26H,5,8H2,1H3,(H,24,28). The normalized spacial score (nSPS) is 13.6. The quantitative estimate of drug-likeness (QED) is 0.513. The van der Waals surface area contributed by atoms with Crippen molar-refractivity contribution in [2.24, 2.45) is 0 Å². The maximum absolute atomic E-state index is 13.1. The third kappa shape index (κ3) is 3.64. The molecular formula is C22H19N5O3S. The van der Waals surface area contributed by atoms with Crippen LogP contribution in [0.25, 0.3) is 17.0 Å². The zero-order valence-electron chi connectivity index (χ0n) is 16.7. The number of sulfonamides is 1. The predicted molar refractivity (Wildman–Crippen MR) is 117 cm³/mol. The largest absolute Gasteiger partial charge is 0.326 e. The summed E-state index contributed by atoms with van der Waals surface area (Å²) >= 11 is 0. The van der Waals surface area contributed by atoms with Crippen molar-refractivity contribution in [1.82, 2.24) is 14.4 Å². The van der Waals surface area contributed by atoms with E-state index >= 15 is 0 Å². The highest BCUT2D eigenvalue weighted by atomic mass is 32.2. The van der Waals surface area contributed by atoms with Crippen molar-refractivity contribution in [2.45, 2.75) is 24.7 Å². The number of imidazole rings is 1. The fourth-order valence-electron chi connectivity index (χ4n) is 3.59. The Bertz CT molecular complexity index is 1410. The number of carbonyl (C=O) groups is 1. The summed E-state index contributed by atoms with van der Waals surface area (Å²) in [6.45, 7) is 1.84. The van der Waals surface area contributed by atoms with Crippen molar-refractivity contribution < 1.29 is 13.2 Å². The third-order valence-corrected chi connectivity index (χ3v) is 6.66. The molecular weight excluding hydrogens is 414 g/mol. The van der Waals surface area contributed by atoms with Crippen LogP contribution >= 0.6 is 0 Å². The van der Waals surface area contributed by atoms with Crippen LogP contribution in [0.4, 0.5) is 11.4 Å². The molecule has 0 spiro atoms. The van der Waals surface area contributed by atoms with E-state index in [-0.39, 0.29) is 10.8 Å². The van der Waals surface area contributed by atoms with Crippen LogP contribution < -0.4 is 10.0 Å². The summed E-state index contributed by atoms with van der Waals surface area (Å²) in [5.74, 6) is 0.511. The van der Waals surface area contributed by atoms with E-state index in [9.17, 15) is 13.2 Å². The molecule has 4 aromatic rings. The number of aryl methyl sites for hydroxylation is 2. The van der Waals surface area contributed by atoms with Gasteiger partial charge in [-0.3, -0.25) is 13.9 Å². The summed E-state index contributed by atoms with van der Waals surface area (Å²) in [6, 6.07) is 12.1. The van der Waals surface area contributed by atoms with Crippen molar-refractivity contribution in [2.75, 3.05) is 10.0 Å². The van der Waals surface area contributed by atoms with Crippen LogP contribution in [0.1, 0.15) is 17.5 Å². The minimum atomic E-state index is -3.81. The number of fused-ring (bicyclic) bond motifs is 2. The van der Waals surface area contributed by atoms with Gasteiger partial charge in [0, 0.05) is 36.3 Å². The second-order valence-electron chi connectivity index (χ2n) is 7.46. The first-order valence-electron chi connectivity index (χ1n) is 9.75. The van der Waals surface area contributed by atoms with Gasteiger partial charge in [0.1, 0.15) is 0 Å². The van der Waals surface area contributed by atoms with Crippen molar-refractivity contribution in [3.63, 3.8) is 0 Å². The Morgan fingerprint density at radius 2 is 2.00 bits per heavy atom. The number of carbonyl (C=O) groups excluding carboxylic acids is 1. The second kappa shape index (κ2) is 7.21. The molecule has 0 saturated carbocycles. The molecule has 2 aromatic heterocycles. The van der Waals surface area contributed by atoms with E-state index < -0.39 is 10.0 Å². The van der Waals surface area contributed by atoms with Gasteiger partial charge in [-0.15, -0.1) is 0 Å². The Kier molecular flexibility index (Phi) is 4.48. The second-order valence-corrected chi connectivity index (χ2v) is 9.14. The highest BCUT2D eigenvalue weighted by Crippen LogP contribution is 2.29. The monoisotopic (exact) mass is 433 g/mol. The van der Waals surface area contributed by atoms with Gasteiger partial charge in [0.05, 0.1) is 16.3 Å². The van der Waals surface area contributed by atoms with Crippen LogP contribution in [0.15, 0.2) is 66.0 Å². The van der Waals surface area contributed by atoms with E-state index in [0.29, 0.717) is 35.7 Å². The van der Waals surface area contributed by atoms with Crippen molar-refractivity contribution in [3.05, 3.63) is 72.2 Å². The fraction of sp³-hybridized carbons (Fsp3) is 0.136. The summed E-state index contributed by atoms with van der Waals surface area (Å²) in [6.07, 6.45) is 6.24. The summed E-state index contributed by atoms with van der Waals surface area (Å²) in [7, 11) is -3.81. The van der Waals surface area contributed by atoms with Gasteiger partial charge in [-0.2, -0.15) is 0 Å². The van der Waals surface area contributed by atoms with Crippen LogP contribution in [0, 0.1) is 6.92 Å². The van der Waals surface area contributed by atoms with E-state index in [1.165, 1.54) is 6.07 Å². The average Bonchev–Trinajstić information content (AvgIpc) is 3.19. The van der Waals surface area contributed by atoms with E-state index in [4.69, 9.17) is 0 Å². The van der Waals surface area contributed by atoms with Gasteiger partial charge in [-0.25, -0.2) is 18.4 Å². The van der Waals surface area contributed by atoms with Crippen LogP contribution in [-0.4, -0.2) is 28.7 Å². The van der Waals surface area contributed by atoms with E-state index in [2.05, 4.69) is 20.0 Å². The topological polar surface area (TPSA) is 105 Å². The van der Waals surface area contributed by atoms with E-state index in [0.717, 1.165) is 16.7 Å². The summed E-state index contributed by atoms with van der Waals surface area (Å²) in [5.41, 5.74) is 4.22. The molecule has 31 heavy (non-hydrogen) atoms. The number of amides is 1. The van der Waals surface area contributed by atoms with Crippen LogP contribution in [0.5, 0.6) is 0 Å². The highest BCUT2D eigenvalue weighted by molar-refractivity contribution is 7.92. The van der Waals surface area contributed by atoms with Gasteiger partial charge in [-0.1, -0.05) is 12.1 Å². The maximum Gasteiger partial charge on any atom is 0.261 e. The van der Waals surface area contributed by atoms with Crippen LogP contribution in [-0.2, 0) is 21.2 Å². The molecule has 1 aliphatic heterocycles. The Balaban J connectivity index is 1.48. The molecule has 0 unspecified atom stereocenters. The molecule has 3 heterocycles. The van der Waals surface area contributed by atoms with Crippen molar-refractivity contribution in [1.29, 1.82) is 0 Å². The molecule has 9 heteroatoms. The van der Waals surface area contributed by atoms with E-state index in [1.807, 2.05) is 41.9 Å². The minimum Gasteiger partial charge on any atom is -0.326 e. The Morgan fingerprint density at radius 1 is 1.13 bits per heavy atom. The molecule has 1 aliphatic rings. The number of rotatable bonds is 4. The van der Waals surface area contributed by atoms with E-state index in [1.54, 1.807) is 24.4 Å². The fourth-order valence-corrected chi connectivity index (χ4v) is 4.76. The smallest absolute Gasteiger partial charge is 0.261 e. The number of nitrogens with one attached hydrogen (secondary N) is 2. The van der Waals surface area contributed by atoms with Gasteiger partial charge in [0.2, 0.25) is 11.7 Å². The molecule has 2 aromatic carbocycles. The van der Waals surface area contributed by atoms with Gasteiger partial charge < -0.3 is 5.32 Å². The lowest BCUT2D eigenvalue weighted by Gasteiger charge is -2.18. The molecule has 8 nitrogen and oxygen atoms in total. The number of hydrogen-bond donors (Lipinski definition) is 2. The summed E-state index contributed by atoms with van der Waals surface area (Å²) in [5, 5.41) is 2.77. The average molecular weight is 433 g/mol. The first kappa shape index (κ1) is 19.3. The number of benzene rings is 2. The lowest BCUT2D eigenvalue weighted by molar-refractivity contribution is -0.116. The SMILES string of the molecule is Cc1ccc(-c2cn3cccnc3n2)cc1NS(=O)(=O)c1ccc2c(c1)CCC(=O)N2. The lowest BCUT2D eigenvalue weighted by Crippen LogP contribution is -2.20. The van der Waals surface area contributed by atoms with Crippen LogP contribution in [0.2, 0.25) is 0 Å². The predicted octanol–water partition coefficient (Wildman–Crippen LogP) is 3.39. The van der Waals surface area contributed by atoms with Crippen LogP contribution in [0.3, 0.4) is 0 Å². The molecule has 0 saturated heterocycles. The zero-order valence-corrected chi connectivity index (χ0v) is 17.5. The molecule has 2 N–H and O–H groups in total. The van der Waals surface area contributed by atoms with Gasteiger partial charge >= 0.3 is 0 Å². The zero-order chi connectivity index (χ0) is 21.6. The Morgan fingerprint density at radius 3 is 2.84 bits per heavy atom. The van der Waals surface area contributed by atoms with Gasteiger partial charge in [0.25, 0.3) is 10.0 Å².